The molecule has 21 heavy (non-hydrogen) atoms. The maximum Gasteiger partial charge on any atom is 0.323 e. The molecule has 1 atom stereocenters. The molecule has 1 aliphatic rings. The predicted octanol–water partition coefficient (Wildman–Crippen LogP) is 1.42. The molecule has 6 nitrogen and oxygen atoms in total. The summed E-state index contributed by atoms with van der Waals surface area (Å²) in [6.45, 7) is 1.21. The Labute approximate surface area is 131 Å². The summed E-state index contributed by atoms with van der Waals surface area (Å²) in [5.74, 6) is -1.94. The van der Waals surface area contributed by atoms with E-state index in [1.165, 1.54) is 0 Å². The van der Waals surface area contributed by atoms with E-state index < -0.39 is 34.3 Å². The topological polar surface area (TPSA) is 91.8 Å². The molecule has 0 saturated carbocycles. The third-order valence-electron chi connectivity index (χ3n) is 3.31. The molecule has 0 bridgehead atoms. The second-order valence-corrected chi connectivity index (χ2v) is 8.43. The van der Waals surface area contributed by atoms with Crippen LogP contribution in [0.1, 0.15) is 21.7 Å². The number of carbonyl (C=O) groups is 2. The molecular weight excluding hydrogens is 338 g/mol. The zero-order valence-corrected chi connectivity index (χ0v) is 13.6. The Morgan fingerprint density at radius 2 is 2.19 bits per heavy atom. The van der Waals surface area contributed by atoms with Gasteiger partial charge in [0.2, 0.25) is 0 Å². The molecule has 2 rings (SSSR count). The Morgan fingerprint density at radius 1 is 1.52 bits per heavy atom. The Kier molecular flexibility index (Phi) is 4.60. The van der Waals surface area contributed by atoms with Crippen molar-refractivity contribution in [2.75, 3.05) is 18.1 Å². The van der Waals surface area contributed by atoms with Gasteiger partial charge in [0.25, 0.3) is 5.91 Å². The van der Waals surface area contributed by atoms with E-state index in [1.807, 2.05) is 0 Å². The molecule has 1 fully saturated rings. The summed E-state index contributed by atoms with van der Waals surface area (Å²) in [4.78, 5) is 24.8. The zero-order valence-electron chi connectivity index (χ0n) is 11.2. The SMILES string of the molecule is Cc1csc(C(=O)N(CC(=O)O)C2CCS(=O)(=O)C2)c1Cl. The van der Waals surface area contributed by atoms with Crippen LogP contribution in [-0.4, -0.2) is 54.4 Å². The minimum absolute atomic E-state index is 0.0295. The fourth-order valence-electron chi connectivity index (χ4n) is 2.24. The number of hydrogen-bond donors (Lipinski definition) is 1. The second-order valence-electron chi connectivity index (χ2n) is 4.95. The molecule has 0 radical (unpaired) electrons. The van der Waals surface area contributed by atoms with Crippen molar-refractivity contribution in [3.63, 3.8) is 0 Å². The van der Waals surface area contributed by atoms with Crippen molar-refractivity contribution < 1.29 is 23.1 Å². The third kappa shape index (κ3) is 3.56. The highest BCUT2D eigenvalue weighted by Crippen LogP contribution is 2.30. The second kappa shape index (κ2) is 5.94. The molecule has 2 heterocycles. The van der Waals surface area contributed by atoms with E-state index in [4.69, 9.17) is 16.7 Å². The van der Waals surface area contributed by atoms with E-state index in [0.29, 0.717) is 5.02 Å². The van der Waals surface area contributed by atoms with E-state index in [1.54, 1.807) is 12.3 Å². The fraction of sp³-hybridized carbons (Fsp3) is 0.500. The first-order valence-corrected chi connectivity index (χ1v) is 9.26. The van der Waals surface area contributed by atoms with Crippen LogP contribution in [0, 0.1) is 6.92 Å². The number of amides is 1. The average Bonchev–Trinajstić information content (AvgIpc) is 2.90. The van der Waals surface area contributed by atoms with Gasteiger partial charge in [-0.15, -0.1) is 11.3 Å². The molecule has 1 amide bonds. The molecule has 1 saturated heterocycles. The number of carbonyl (C=O) groups excluding carboxylic acids is 1. The number of aliphatic carboxylic acids is 1. The largest absolute Gasteiger partial charge is 0.480 e. The van der Waals surface area contributed by atoms with Gasteiger partial charge in [0.15, 0.2) is 9.84 Å². The summed E-state index contributed by atoms with van der Waals surface area (Å²) < 4.78 is 23.1. The van der Waals surface area contributed by atoms with Crippen molar-refractivity contribution in [3.8, 4) is 0 Å². The van der Waals surface area contributed by atoms with Crippen molar-refractivity contribution in [1.29, 1.82) is 0 Å². The molecule has 9 heteroatoms. The zero-order chi connectivity index (χ0) is 15.8. The van der Waals surface area contributed by atoms with Crippen LogP contribution >= 0.6 is 22.9 Å². The van der Waals surface area contributed by atoms with Gasteiger partial charge in [-0.25, -0.2) is 8.42 Å². The highest BCUT2D eigenvalue weighted by Gasteiger charge is 2.37. The molecule has 1 aromatic heterocycles. The Morgan fingerprint density at radius 3 is 2.62 bits per heavy atom. The van der Waals surface area contributed by atoms with Crippen LogP contribution in [0.3, 0.4) is 0 Å². The lowest BCUT2D eigenvalue weighted by molar-refractivity contribution is -0.138. The highest BCUT2D eigenvalue weighted by molar-refractivity contribution is 7.91. The molecular formula is C12H14ClNO5S2. The summed E-state index contributed by atoms with van der Waals surface area (Å²) in [5.41, 5.74) is 0.735. The van der Waals surface area contributed by atoms with Crippen molar-refractivity contribution in [2.24, 2.45) is 0 Å². The molecule has 116 valence electrons. The average molecular weight is 352 g/mol. The van der Waals surface area contributed by atoms with Crippen LogP contribution in [0.5, 0.6) is 0 Å². The van der Waals surface area contributed by atoms with E-state index in [2.05, 4.69) is 0 Å². The molecule has 1 aromatic rings. The standard InChI is InChI=1S/C12H14ClNO5S2/c1-7-5-20-11(10(7)13)12(17)14(4-9(15)16)8-2-3-21(18,19)6-8/h5,8H,2-4,6H2,1H3,(H,15,16). The summed E-state index contributed by atoms with van der Waals surface area (Å²) in [5, 5.41) is 11.0. The molecule has 0 aromatic carbocycles. The summed E-state index contributed by atoms with van der Waals surface area (Å²) >= 11 is 7.18. The van der Waals surface area contributed by atoms with Crippen LogP contribution in [0.4, 0.5) is 0 Å². The number of carboxylic acid groups (broad SMARTS) is 1. The smallest absolute Gasteiger partial charge is 0.323 e. The van der Waals surface area contributed by atoms with E-state index in [-0.39, 0.29) is 22.8 Å². The van der Waals surface area contributed by atoms with Crippen LogP contribution in [0.15, 0.2) is 5.38 Å². The summed E-state index contributed by atoms with van der Waals surface area (Å²) in [7, 11) is -3.21. The Balaban J connectivity index is 2.30. The molecule has 1 unspecified atom stereocenters. The number of thiophene rings is 1. The Bertz CT molecular complexity index is 682. The normalized spacial score (nSPS) is 20.4. The number of sulfone groups is 1. The van der Waals surface area contributed by atoms with Crippen LogP contribution < -0.4 is 0 Å². The number of halogens is 1. The minimum atomic E-state index is -3.21. The summed E-state index contributed by atoms with van der Waals surface area (Å²) in [6, 6.07) is -0.614. The van der Waals surface area contributed by atoms with Crippen molar-refractivity contribution >= 4 is 44.7 Å². The predicted molar refractivity (Wildman–Crippen MR) is 79.8 cm³/mol. The van der Waals surface area contributed by atoms with Gasteiger partial charge >= 0.3 is 5.97 Å². The minimum Gasteiger partial charge on any atom is -0.480 e. The van der Waals surface area contributed by atoms with Gasteiger partial charge < -0.3 is 10.0 Å². The number of aryl methyl sites for hydroxylation is 1. The molecule has 1 N–H and O–H groups in total. The number of nitrogens with zero attached hydrogens (tertiary/aromatic N) is 1. The fourth-order valence-corrected chi connectivity index (χ4v) is 5.20. The van der Waals surface area contributed by atoms with Crippen molar-refractivity contribution in [1.82, 2.24) is 4.90 Å². The maximum absolute atomic E-state index is 12.5. The first-order chi connectivity index (χ1) is 9.71. The number of carboxylic acids is 1. The van der Waals surface area contributed by atoms with E-state index >= 15 is 0 Å². The van der Waals surface area contributed by atoms with E-state index in [0.717, 1.165) is 21.8 Å². The molecule has 0 aliphatic carbocycles. The third-order valence-corrected chi connectivity index (χ3v) is 6.74. The van der Waals surface area contributed by atoms with Crippen molar-refractivity contribution in [3.05, 3.63) is 20.8 Å². The van der Waals surface area contributed by atoms with E-state index in [9.17, 15) is 18.0 Å². The maximum atomic E-state index is 12.5. The number of rotatable bonds is 4. The van der Waals surface area contributed by atoms with Gasteiger partial charge in [-0.05, 0) is 24.3 Å². The van der Waals surface area contributed by atoms with Gasteiger partial charge in [0, 0.05) is 6.04 Å². The lowest BCUT2D eigenvalue weighted by atomic mass is 10.2. The monoisotopic (exact) mass is 351 g/mol. The molecule has 1 aliphatic heterocycles. The van der Waals surface area contributed by atoms with Crippen LogP contribution in [0.2, 0.25) is 5.02 Å². The van der Waals surface area contributed by atoms with Gasteiger partial charge in [-0.2, -0.15) is 0 Å². The van der Waals surface area contributed by atoms with Crippen LogP contribution in [-0.2, 0) is 14.6 Å². The number of hydrogen-bond acceptors (Lipinski definition) is 5. The quantitative estimate of drug-likeness (QED) is 0.885. The highest BCUT2D eigenvalue weighted by atomic mass is 35.5. The first-order valence-electron chi connectivity index (χ1n) is 6.18. The molecule has 0 spiro atoms. The summed E-state index contributed by atoms with van der Waals surface area (Å²) in [6.07, 6.45) is 0.253. The van der Waals surface area contributed by atoms with Crippen molar-refractivity contribution in [2.45, 2.75) is 19.4 Å². The van der Waals surface area contributed by atoms with Crippen LogP contribution in [0.25, 0.3) is 0 Å². The Hall–Kier alpha value is -1.12. The lowest BCUT2D eigenvalue weighted by Crippen LogP contribution is -2.44. The van der Waals surface area contributed by atoms with Gasteiger partial charge in [-0.3, -0.25) is 9.59 Å². The van der Waals surface area contributed by atoms with Gasteiger partial charge in [0.1, 0.15) is 11.4 Å². The lowest BCUT2D eigenvalue weighted by Gasteiger charge is -2.26. The first kappa shape index (κ1) is 16.3. The van der Waals surface area contributed by atoms with Gasteiger partial charge in [0.05, 0.1) is 16.5 Å². The van der Waals surface area contributed by atoms with Gasteiger partial charge in [-0.1, -0.05) is 11.6 Å².